The van der Waals surface area contributed by atoms with Crippen molar-refractivity contribution in [2.24, 2.45) is 0 Å². The van der Waals surface area contributed by atoms with Crippen molar-refractivity contribution < 1.29 is 22.4 Å². The van der Waals surface area contributed by atoms with Crippen LogP contribution in [0.4, 0.5) is 23.2 Å². The van der Waals surface area contributed by atoms with Gasteiger partial charge in [-0.25, -0.2) is 4.39 Å². The molecule has 0 saturated heterocycles. The maximum Gasteiger partial charge on any atom is 0.417 e. The molecule has 2 aromatic rings. The second-order valence-electron chi connectivity index (χ2n) is 4.01. The summed E-state index contributed by atoms with van der Waals surface area (Å²) in [5.41, 5.74) is -0.843. The van der Waals surface area contributed by atoms with Gasteiger partial charge in [0, 0.05) is 10.7 Å². The van der Waals surface area contributed by atoms with Crippen molar-refractivity contribution >= 4 is 27.5 Å². The van der Waals surface area contributed by atoms with Crippen LogP contribution >= 0.6 is 15.9 Å². The molecule has 0 unspecified atom stereocenters. The van der Waals surface area contributed by atoms with Crippen LogP contribution in [0.2, 0.25) is 0 Å². The van der Waals surface area contributed by atoms with Crippen LogP contribution in [0.3, 0.4) is 0 Å². The van der Waals surface area contributed by atoms with Gasteiger partial charge in [-0.3, -0.25) is 9.78 Å². The van der Waals surface area contributed by atoms with Crippen LogP contribution in [0.1, 0.15) is 16.1 Å². The molecule has 0 aliphatic carbocycles. The van der Waals surface area contributed by atoms with Crippen molar-refractivity contribution in [3.8, 4) is 0 Å². The molecule has 1 amide bonds. The first-order chi connectivity index (χ1) is 9.77. The minimum Gasteiger partial charge on any atom is -0.320 e. The quantitative estimate of drug-likeness (QED) is 0.811. The summed E-state index contributed by atoms with van der Waals surface area (Å²) in [5.74, 6) is -1.19. The number of pyridine rings is 1. The third kappa shape index (κ3) is 3.78. The highest BCUT2D eigenvalue weighted by Gasteiger charge is 2.30. The Kier molecular flexibility index (Phi) is 4.26. The minimum atomic E-state index is -4.51. The zero-order chi connectivity index (χ0) is 15.6. The first kappa shape index (κ1) is 15.4. The highest BCUT2D eigenvalue weighted by Crippen LogP contribution is 2.28. The number of amides is 1. The molecule has 21 heavy (non-hydrogen) atoms. The van der Waals surface area contributed by atoms with E-state index < -0.39 is 23.5 Å². The molecular formula is C13H7BrF4N2O. The highest BCUT2D eigenvalue weighted by atomic mass is 79.9. The molecule has 1 heterocycles. The topological polar surface area (TPSA) is 42.0 Å². The lowest BCUT2D eigenvalue weighted by Gasteiger charge is -2.08. The molecule has 0 atom stereocenters. The fourth-order valence-corrected chi connectivity index (χ4v) is 1.92. The molecule has 0 saturated carbocycles. The van der Waals surface area contributed by atoms with E-state index in [1.54, 1.807) is 0 Å². The number of nitrogens with one attached hydrogen (secondary N) is 1. The smallest absolute Gasteiger partial charge is 0.320 e. The van der Waals surface area contributed by atoms with Gasteiger partial charge in [0.1, 0.15) is 11.5 Å². The van der Waals surface area contributed by atoms with Crippen molar-refractivity contribution in [3.05, 3.63) is 58.1 Å². The Labute approximate surface area is 125 Å². The largest absolute Gasteiger partial charge is 0.417 e. The fraction of sp³-hybridized carbons (Fsp3) is 0.0769. The van der Waals surface area contributed by atoms with Gasteiger partial charge in [-0.1, -0.05) is 0 Å². The molecule has 1 aromatic heterocycles. The van der Waals surface area contributed by atoms with Crippen molar-refractivity contribution in [1.82, 2.24) is 4.98 Å². The number of carbonyl (C=O) groups is 1. The molecule has 0 aliphatic rings. The first-order valence-electron chi connectivity index (χ1n) is 5.57. The number of nitrogens with zero attached hydrogens (tertiary/aromatic N) is 1. The van der Waals surface area contributed by atoms with E-state index in [1.165, 1.54) is 6.07 Å². The van der Waals surface area contributed by atoms with E-state index in [9.17, 15) is 22.4 Å². The number of benzene rings is 1. The highest BCUT2D eigenvalue weighted by molar-refractivity contribution is 9.10. The van der Waals surface area contributed by atoms with Crippen LogP contribution in [0.15, 0.2) is 41.0 Å². The number of aromatic nitrogens is 1. The normalized spacial score (nSPS) is 11.3. The van der Waals surface area contributed by atoms with Crippen LogP contribution < -0.4 is 5.32 Å². The van der Waals surface area contributed by atoms with Gasteiger partial charge < -0.3 is 5.32 Å². The average molecular weight is 363 g/mol. The summed E-state index contributed by atoms with van der Waals surface area (Å²) >= 11 is 3.06. The van der Waals surface area contributed by atoms with Gasteiger partial charge in [-0.15, -0.1) is 0 Å². The zero-order valence-corrected chi connectivity index (χ0v) is 11.8. The Bertz CT molecular complexity index is 671. The molecule has 1 aromatic carbocycles. The molecular weight excluding hydrogens is 356 g/mol. The lowest BCUT2D eigenvalue weighted by Crippen LogP contribution is -2.15. The fourth-order valence-electron chi connectivity index (χ4n) is 1.47. The number of hydrogen-bond acceptors (Lipinski definition) is 2. The van der Waals surface area contributed by atoms with Gasteiger partial charge in [0.05, 0.1) is 11.3 Å². The van der Waals surface area contributed by atoms with Crippen LogP contribution in [0, 0.1) is 5.82 Å². The molecule has 2 rings (SSSR count). The monoisotopic (exact) mass is 362 g/mol. The van der Waals surface area contributed by atoms with Gasteiger partial charge in [0.15, 0.2) is 0 Å². The van der Waals surface area contributed by atoms with Crippen molar-refractivity contribution in [2.45, 2.75) is 6.18 Å². The molecule has 0 spiro atoms. The Morgan fingerprint density at radius 1 is 1.19 bits per heavy atom. The minimum absolute atomic E-state index is 0.181. The van der Waals surface area contributed by atoms with E-state index >= 15 is 0 Å². The van der Waals surface area contributed by atoms with E-state index in [0.29, 0.717) is 10.7 Å². The van der Waals surface area contributed by atoms with E-state index in [4.69, 9.17) is 0 Å². The second-order valence-corrected chi connectivity index (χ2v) is 4.86. The van der Waals surface area contributed by atoms with Gasteiger partial charge in [-0.2, -0.15) is 13.2 Å². The standard InChI is InChI=1S/C13H7BrF4N2O/c14-9-5-8(15)2-4-10(9)20-12(21)11-3-1-7(6-19-11)13(16,17)18/h1-6H,(H,20,21). The van der Waals surface area contributed by atoms with Crippen molar-refractivity contribution in [2.75, 3.05) is 5.32 Å². The molecule has 0 fully saturated rings. The maximum atomic E-state index is 12.9. The Balaban J connectivity index is 2.17. The lowest BCUT2D eigenvalue weighted by molar-refractivity contribution is -0.137. The van der Waals surface area contributed by atoms with E-state index in [1.807, 2.05) is 0 Å². The molecule has 110 valence electrons. The summed E-state index contributed by atoms with van der Waals surface area (Å²) in [4.78, 5) is 15.3. The molecule has 0 bridgehead atoms. The number of carbonyl (C=O) groups excluding carboxylic acids is 1. The van der Waals surface area contributed by atoms with E-state index in [2.05, 4.69) is 26.2 Å². The number of hydrogen-bond donors (Lipinski definition) is 1. The predicted octanol–water partition coefficient (Wildman–Crippen LogP) is 4.25. The molecule has 1 N–H and O–H groups in total. The van der Waals surface area contributed by atoms with Gasteiger partial charge in [-0.05, 0) is 46.3 Å². The zero-order valence-electron chi connectivity index (χ0n) is 10.2. The summed E-state index contributed by atoms with van der Waals surface area (Å²) in [6.45, 7) is 0. The van der Waals surface area contributed by atoms with Crippen LogP contribution in [0.5, 0.6) is 0 Å². The van der Waals surface area contributed by atoms with Gasteiger partial charge in [0.25, 0.3) is 5.91 Å². The molecule has 3 nitrogen and oxygen atoms in total. The Morgan fingerprint density at radius 3 is 2.43 bits per heavy atom. The molecule has 8 heteroatoms. The number of anilines is 1. The number of rotatable bonds is 2. The van der Waals surface area contributed by atoms with Crippen LogP contribution in [-0.4, -0.2) is 10.9 Å². The van der Waals surface area contributed by atoms with E-state index in [0.717, 1.165) is 24.3 Å². The summed E-state index contributed by atoms with van der Waals surface area (Å²) in [5, 5.41) is 2.42. The number of halogens is 5. The van der Waals surface area contributed by atoms with Crippen molar-refractivity contribution in [1.29, 1.82) is 0 Å². The first-order valence-corrected chi connectivity index (χ1v) is 6.36. The van der Waals surface area contributed by atoms with Gasteiger partial charge >= 0.3 is 6.18 Å². The third-order valence-corrected chi connectivity index (χ3v) is 3.16. The molecule has 0 radical (unpaired) electrons. The number of alkyl halides is 3. The second kappa shape index (κ2) is 5.80. The summed E-state index contributed by atoms with van der Waals surface area (Å²) in [7, 11) is 0. The maximum absolute atomic E-state index is 12.9. The van der Waals surface area contributed by atoms with Crippen molar-refractivity contribution in [3.63, 3.8) is 0 Å². The molecule has 0 aliphatic heterocycles. The summed E-state index contributed by atoms with van der Waals surface area (Å²) < 4.78 is 50.3. The summed E-state index contributed by atoms with van der Waals surface area (Å²) in [6.07, 6.45) is -3.93. The van der Waals surface area contributed by atoms with Gasteiger partial charge in [0.2, 0.25) is 0 Å². The van der Waals surface area contributed by atoms with Crippen LogP contribution in [-0.2, 0) is 6.18 Å². The summed E-state index contributed by atoms with van der Waals surface area (Å²) in [6, 6.07) is 5.34. The van der Waals surface area contributed by atoms with Crippen LogP contribution in [0.25, 0.3) is 0 Å². The third-order valence-electron chi connectivity index (χ3n) is 2.50. The lowest BCUT2D eigenvalue weighted by atomic mass is 10.2. The SMILES string of the molecule is O=C(Nc1ccc(F)cc1Br)c1ccc(C(F)(F)F)cn1. The van der Waals surface area contributed by atoms with E-state index in [-0.39, 0.29) is 11.4 Å². The average Bonchev–Trinajstić information content (AvgIpc) is 2.41. The predicted molar refractivity (Wildman–Crippen MR) is 71.3 cm³/mol. The Morgan fingerprint density at radius 2 is 1.90 bits per heavy atom. The Hall–Kier alpha value is -1.96.